The van der Waals surface area contributed by atoms with Crippen molar-refractivity contribution in [3.63, 3.8) is 0 Å². The van der Waals surface area contributed by atoms with Gasteiger partial charge in [0.1, 0.15) is 5.69 Å². The van der Waals surface area contributed by atoms with E-state index < -0.39 is 0 Å². The number of guanidine groups is 1. The summed E-state index contributed by atoms with van der Waals surface area (Å²) in [6.45, 7) is 5.47. The van der Waals surface area contributed by atoms with Crippen molar-refractivity contribution in [1.29, 1.82) is 0 Å². The number of nitro benzene ring substituents is 1. The third-order valence-corrected chi connectivity index (χ3v) is 5.25. The predicted octanol–water partition coefficient (Wildman–Crippen LogP) is 3.53. The summed E-state index contributed by atoms with van der Waals surface area (Å²) in [5, 5.41) is 20.9. The molecule has 3 rings (SSSR count). The van der Waals surface area contributed by atoms with Crippen LogP contribution in [-0.2, 0) is 0 Å². The number of aliphatic imine (C=N–C) groups is 1. The first-order chi connectivity index (χ1) is 14.6. The minimum Gasteiger partial charge on any atom is -0.378 e. The smallest absolute Gasteiger partial charge is 0.292 e. The van der Waals surface area contributed by atoms with E-state index in [1.165, 1.54) is 30.2 Å². The molecule has 0 amide bonds. The van der Waals surface area contributed by atoms with Gasteiger partial charge in [0.05, 0.1) is 11.0 Å². The summed E-state index contributed by atoms with van der Waals surface area (Å²) in [5.41, 5.74) is 3.07. The van der Waals surface area contributed by atoms with E-state index in [0.29, 0.717) is 24.7 Å². The number of hydrogen-bond donors (Lipinski definition) is 3. The number of hydrogen-bond acceptors (Lipinski definition) is 5. The SMILES string of the molecule is CN=C(NCCNc1ccccc1[N+](=O)[O-])NC(C)c1cccc(N2CCCC2)c1. The zero-order valence-electron chi connectivity index (χ0n) is 17.6. The Morgan fingerprint density at radius 3 is 2.67 bits per heavy atom. The Hall–Kier alpha value is -3.29. The molecule has 2 aromatic rings. The van der Waals surface area contributed by atoms with Gasteiger partial charge >= 0.3 is 0 Å². The lowest BCUT2D eigenvalue weighted by Gasteiger charge is -2.22. The third kappa shape index (κ3) is 5.62. The Balaban J connectivity index is 1.50. The van der Waals surface area contributed by atoms with Crippen molar-refractivity contribution >= 4 is 23.0 Å². The van der Waals surface area contributed by atoms with Crippen LogP contribution in [-0.4, -0.2) is 44.1 Å². The van der Waals surface area contributed by atoms with Gasteiger partial charge in [0.2, 0.25) is 0 Å². The van der Waals surface area contributed by atoms with E-state index in [1.54, 1.807) is 25.2 Å². The lowest BCUT2D eigenvalue weighted by molar-refractivity contribution is -0.384. The van der Waals surface area contributed by atoms with E-state index >= 15 is 0 Å². The molecule has 0 spiro atoms. The highest BCUT2D eigenvalue weighted by Gasteiger charge is 2.15. The summed E-state index contributed by atoms with van der Waals surface area (Å²) in [7, 11) is 1.73. The van der Waals surface area contributed by atoms with Crippen LogP contribution in [0.4, 0.5) is 17.1 Å². The molecule has 1 saturated heterocycles. The van der Waals surface area contributed by atoms with Crippen LogP contribution in [0.25, 0.3) is 0 Å². The molecular formula is C22H30N6O2. The predicted molar refractivity (Wildman–Crippen MR) is 122 cm³/mol. The minimum atomic E-state index is -0.381. The van der Waals surface area contributed by atoms with Gasteiger partial charge in [0.25, 0.3) is 5.69 Å². The van der Waals surface area contributed by atoms with Crippen molar-refractivity contribution in [2.45, 2.75) is 25.8 Å². The standard InChI is InChI=1S/C22H30N6O2/c1-17(18-8-7-9-19(16-18)27-14-5-6-15-27)26-22(23-2)25-13-12-24-20-10-3-4-11-21(20)28(29)30/h3-4,7-11,16-17,24H,5-6,12-15H2,1-2H3,(H2,23,25,26). The summed E-state index contributed by atoms with van der Waals surface area (Å²) < 4.78 is 0. The van der Waals surface area contributed by atoms with Crippen LogP contribution in [0, 0.1) is 10.1 Å². The van der Waals surface area contributed by atoms with E-state index in [9.17, 15) is 10.1 Å². The molecule has 0 radical (unpaired) electrons. The Bertz CT molecular complexity index is 879. The van der Waals surface area contributed by atoms with Crippen molar-refractivity contribution in [1.82, 2.24) is 10.6 Å². The topological polar surface area (TPSA) is 94.8 Å². The molecule has 1 unspecified atom stereocenters. The molecule has 1 atom stereocenters. The largest absolute Gasteiger partial charge is 0.378 e. The number of rotatable bonds is 8. The lowest BCUT2D eigenvalue weighted by atomic mass is 10.1. The van der Waals surface area contributed by atoms with Crippen LogP contribution < -0.4 is 20.9 Å². The molecule has 30 heavy (non-hydrogen) atoms. The highest BCUT2D eigenvalue weighted by molar-refractivity contribution is 5.80. The Morgan fingerprint density at radius 1 is 1.17 bits per heavy atom. The maximum absolute atomic E-state index is 11.1. The fourth-order valence-corrected chi connectivity index (χ4v) is 3.61. The summed E-state index contributed by atoms with van der Waals surface area (Å²) in [5.74, 6) is 0.693. The highest BCUT2D eigenvalue weighted by Crippen LogP contribution is 2.24. The van der Waals surface area contributed by atoms with Crippen LogP contribution in [0.2, 0.25) is 0 Å². The van der Waals surface area contributed by atoms with Gasteiger partial charge in [-0.2, -0.15) is 0 Å². The van der Waals surface area contributed by atoms with E-state index in [2.05, 4.69) is 57.0 Å². The summed E-state index contributed by atoms with van der Waals surface area (Å²) >= 11 is 0. The molecule has 0 bridgehead atoms. The molecule has 2 aromatic carbocycles. The van der Waals surface area contributed by atoms with Crippen LogP contribution in [0.5, 0.6) is 0 Å². The second kappa shape index (κ2) is 10.5. The van der Waals surface area contributed by atoms with Crippen molar-refractivity contribution < 1.29 is 4.92 Å². The first-order valence-corrected chi connectivity index (χ1v) is 10.4. The molecule has 1 aliphatic heterocycles. The normalized spacial score (nSPS) is 15.0. The Morgan fingerprint density at radius 2 is 1.93 bits per heavy atom. The van der Waals surface area contributed by atoms with Crippen LogP contribution in [0.1, 0.15) is 31.4 Å². The fraction of sp³-hybridized carbons (Fsp3) is 0.409. The van der Waals surface area contributed by atoms with Gasteiger partial charge in [-0.25, -0.2) is 0 Å². The second-order valence-corrected chi connectivity index (χ2v) is 7.36. The quantitative estimate of drug-likeness (QED) is 0.203. The second-order valence-electron chi connectivity index (χ2n) is 7.36. The van der Waals surface area contributed by atoms with E-state index in [1.807, 2.05) is 0 Å². The number of nitro groups is 1. The van der Waals surface area contributed by atoms with Crippen LogP contribution in [0.15, 0.2) is 53.5 Å². The zero-order valence-corrected chi connectivity index (χ0v) is 17.6. The molecular weight excluding hydrogens is 380 g/mol. The van der Waals surface area contributed by atoms with Crippen molar-refractivity contribution in [2.75, 3.05) is 43.4 Å². The van der Waals surface area contributed by atoms with Gasteiger partial charge in [0, 0.05) is 45.0 Å². The molecule has 0 aromatic heterocycles. The molecule has 0 aliphatic carbocycles. The number of nitrogens with zero attached hydrogens (tertiary/aromatic N) is 3. The molecule has 8 heteroatoms. The van der Waals surface area contributed by atoms with Gasteiger partial charge in [-0.15, -0.1) is 0 Å². The van der Waals surface area contributed by atoms with E-state index in [4.69, 9.17) is 0 Å². The summed E-state index contributed by atoms with van der Waals surface area (Å²) in [6.07, 6.45) is 2.52. The van der Waals surface area contributed by atoms with Crippen molar-refractivity contribution in [2.24, 2.45) is 4.99 Å². The average molecular weight is 411 g/mol. The molecule has 8 nitrogen and oxygen atoms in total. The van der Waals surface area contributed by atoms with Crippen molar-refractivity contribution in [3.05, 3.63) is 64.2 Å². The van der Waals surface area contributed by atoms with Gasteiger partial charge in [-0.3, -0.25) is 15.1 Å². The first kappa shape index (κ1) is 21.4. The van der Waals surface area contributed by atoms with Gasteiger partial charge in [-0.1, -0.05) is 24.3 Å². The lowest BCUT2D eigenvalue weighted by Crippen LogP contribution is -2.40. The summed E-state index contributed by atoms with van der Waals surface area (Å²) in [6, 6.07) is 15.4. The van der Waals surface area contributed by atoms with Crippen molar-refractivity contribution in [3.8, 4) is 0 Å². The zero-order chi connectivity index (χ0) is 21.3. The van der Waals surface area contributed by atoms with Gasteiger partial charge in [0.15, 0.2) is 5.96 Å². The molecule has 1 fully saturated rings. The van der Waals surface area contributed by atoms with E-state index in [0.717, 1.165) is 13.1 Å². The maximum atomic E-state index is 11.1. The highest BCUT2D eigenvalue weighted by atomic mass is 16.6. The molecule has 0 saturated carbocycles. The molecule has 160 valence electrons. The Labute approximate surface area is 177 Å². The van der Waals surface area contributed by atoms with E-state index in [-0.39, 0.29) is 16.7 Å². The van der Waals surface area contributed by atoms with Crippen LogP contribution >= 0.6 is 0 Å². The monoisotopic (exact) mass is 410 g/mol. The Kier molecular flexibility index (Phi) is 7.48. The summed E-state index contributed by atoms with van der Waals surface area (Å²) in [4.78, 5) is 17.4. The molecule has 1 aliphatic rings. The number of para-hydroxylation sites is 2. The molecule has 1 heterocycles. The minimum absolute atomic E-state index is 0.0755. The number of nitrogens with one attached hydrogen (secondary N) is 3. The number of anilines is 2. The first-order valence-electron chi connectivity index (χ1n) is 10.4. The van der Waals surface area contributed by atoms with Crippen LogP contribution in [0.3, 0.4) is 0 Å². The number of benzene rings is 2. The fourth-order valence-electron chi connectivity index (χ4n) is 3.61. The average Bonchev–Trinajstić information content (AvgIpc) is 3.31. The van der Waals surface area contributed by atoms with Gasteiger partial charge < -0.3 is 20.9 Å². The maximum Gasteiger partial charge on any atom is 0.292 e. The third-order valence-electron chi connectivity index (χ3n) is 5.25. The molecule has 3 N–H and O–H groups in total. The van der Waals surface area contributed by atoms with Gasteiger partial charge in [-0.05, 0) is 43.5 Å².